The molecule has 3 N–H and O–H groups in total. The van der Waals surface area contributed by atoms with Crippen LogP contribution >= 0.6 is 0 Å². The van der Waals surface area contributed by atoms with Crippen LogP contribution in [0.1, 0.15) is 23.2 Å². The highest BCUT2D eigenvalue weighted by atomic mass is 16.2. The van der Waals surface area contributed by atoms with E-state index in [4.69, 9.17) is 5.84 Å². The van der Waals surface area contributed by atoms with Crippen LogP contribution in [-0.4, -0.2) is 23.9 Å². The van der Waals surface area contributed by atoms with Gasteiger partial charge < -0.3 is 10.3 Å². The smallest absolute Gasteiger partial charge is 0.256 e. The van der Waals surface area contributed by atoms with Gasteiger partial charge in [0, 0.05) is 13.1 Å². The number of hydrogen-bond acceptors (Lipinski definition) is 3. The van der Waals surface area contributed by atoms with Gasteiger partial charge in [-0.15, -0.1) is 0 Å². The molecule has 0 atom stereocenters. The zero-order chi connectivity index (χ0) is 10.7. The van der Waals surface area contributed by atoms with Gasteiger partial charge in [0.2, 0.25) is 0 Å². The van der Waals surface area contributed by atoms with Gasteiger partial charge in [-0.3, -0.25) is 10.6 Å². The average molecular weight is 205 g/mol. The molecule has 2 rings (SSSR count). The summed E-state index contributed by atoms with van der Waals surface area (Å²) in [6, 6.07) is 7.32. The molecule has 1 amide bonds. The van der Waals surface area contributed by atoms with Gasteiger partial charge in [-0.2, -0.15) is 0 Å². The van der Waals surface area contributed by atoms with Gasteiger partial charge in [-0.1, -0.05) is 12.1 Å². The Hall–Kier alpha value is -1.55. The van der Waals surface area contributed by atoms with E-state index in [9.17, 15) is 4.79 Å². The first kappa shape index (κ1) is 9.98. The molecule has 1 aliphatic rings. The summed E-state index contributed by atoms with van der Waals surface area (Å²) in [5.41, 5.74) is 3.90. The third-order valence-electron chi connectivity index (χ3n) is 2.71. The van der Waals surface area contributed by atoms with E-state index in [0.717, 1.165) is 25.9 Å². The topological polar surface area (TPSA) is 58.4 Å². The minimum Gasteiger partial charge on any atom is -0.339 e. The molecule has 0 unspecified atom stereocenters. The van der Waals surface area contributed by atoms with Crippen molar-refractivity contribution < 1.29 is 4.79 Å². The highest BCUT2D eigenvalue weighted by Crippen LogP contribution is 2.18. The Morgan fingerprint density at radius 2 is 1.93 bits per heavy atom. The minimum atomic E-state index is 0.0704. The maximum Gasteiger partial charge on any atom is 0.256 e. The van der Waals surface area contributed by atoms with Crippen molar-refractivity contribution in [3.8, 4) is 0 Å². The molecular weight excluding hydrogens is 190 g/mol. The summed E-state index contributed by atoms with van der Waals surface area (Å²) in [7, 11) is 0. The van der Waals surface area contributed by atoms with Gasteiger partial charge >= 0.3 is 0 Å². The predicted molar refractivity (Wildman–Crippen MR) is 59.4 cm³/mol. The lowest BCUT2D eigenvalue weighted by Crippen LogP contribution is -2.28. The Bertz CT molecular complexity index is 359. The molecule has 80 valence electrons. The van der Waals surface area contributed by atoms with Crippen molar-refractivity contribution in [1.82, 2.24) is 4.90 Å². The van der Waals surface area contributed by atoms with E-state index >= 15 is 0 Å². The molecule has 4 heteroatoms. The fraction of sp³-hybridized carbons (Fsp3) is 0.364. The fourth-order valence-corrected chi connectivity index (χ4v) is 1.89. The van der Waals surface area contributed by atoms with E-state index in [2.05, 4.69) is 5.43 Å². The number of rotatable bonds is 2. The summed E-state index contributed by atoms with van der Waals surface area (Å²) in [5, 5.41) is 0. The van der Waals surface area contributed by atoms with Crippen molar-refractivity contribution >= 4 is 11.6 Å². The van der Waals surface area contributed by atoms with Gasteiger partial charge in [-0.25, -0.2) is 0 Å². The highest BCUT2D eigenvalue weighted by molar-refractivity contribution is 5.99. The van der Waals surface area contributed by atoms with Crippen molar-refractivity contribution in [2.75, 3.05) is 18.5 Å². The maximum atomic E-state index is 12.1. The van der Waals surface area contributed by atoms with Crippen molar-refractivity contribution in [2.45, 2.75) is 12.8 Å². The van der Waals surface area contributed by atoms with Crippen LogP contribution in [0.3, 0.4) is 0 Å². The van der Waals surface area contributed by atoms with E-state index < -0.39 is 0 Å². The standard InChI is InChI=1S/C11H15N3O/c12-13-10-6-2-1-5-9(10)11(15)14-7-3-4-8-14/h1-2,5-6,13H,3-4,7-8,12H2. The van der Waals surface area contributed by atoms with Crippen LogP contribution in [0.4, 0.5) is 5.69 Å². The molecule has 1 aliphatic heterocycles. The SMILES string of the molecule is NNc1ccccc1C(=O)N1CCCC1. The van der Waals surface area contributed by atoms with Crippen LogP contribution in [0.25, 0.3) is 0 Å². The highest BCUT2D eigenvalue weighted by Gasteiger charge is 2.21. The molecular formula is C11H15N3O. The van der Waals surface area contributed by atoms with E-state index in [1.807, 2.05) is 23.1 Å². The van der Waals surface area contributed by atoms with Crippen LogP contribution in [0.15, 0.2) is 24.3 Å². The lowest BCUT2D eigenvalue weighted by molar-refractivity contribution is 0.0794. The Morgan fingerprint density at radius 3 is 2.60 bits per heavy atom. The summed E-state index contributed by atoms with van der Waals surface area (Å²) in [4.78, 5) is 13.9. The molecule has 0 saturated carbocycles. The summed E-state index contributed by atoms with van der Waals surface area (Å²) >= 11 is 0. The number of likely N-dealkylation sites (tertiary alicyclic amines) is 1. The second-order valence-corrected chi connectivity index (χ2v) is 3.69. The number of benzene rings is 1. The summed E-state index contributed by atoms with van der Waals surface area (Å²) in [5.74, 6) is 5.44. The number of carbonyl (C=O) groups excluding carboxylic acids is 1. The number of hydrogen-bond donors (Lipinski definition) is 2. The number of para-hydroxylation sites is 1. The monoisotopic (exact) mass is 205 g/mol. The van der Waals surface area contributed by atoms with Crippen molar-refractivity contribution in [2.24, 2.45) is 5.84 Å². The number of nitrogens with zero attached hydrogens (tertiary/aromatic N) is 1. The molecule has 1 saturated heterocycles. The quantitative estimate of drug-likeness (QED) is 0.563. The van der Waals surface area contributed by atoms with Crippen LogP contribution < -0.4 is 11.3 Å². The molecule has 1 aromatic rings. The number of anilines is 1. The van der Waals surface area contributed by atoms with E-state index in [1.165, 1.54) is 0 Å². The van der Waals surface area contributed by atoms with E-state index in [1.54, 1.807) is 6.07 Å². The zero-order valence-corrected chi connectivity index (χ0v) is 8.57. The van der Waals surface area contributed by atoms with E-state index in [0.29, 0.717) is 11.3 Å². The van der Waals surface area contributed by atoms with Crippen molar-refractivity contribution in [3.63, 3.8) is 0 Å². The predicted octanol–water partition coefficient (Wildman–Crippen LogP) is 1.21. The molecule has 1 fully saturated rings. The molecule has 0 radical (unpaired) electrons. The van der Waals surface area contributed by atoms with Gasteiger partial charge in [0.15, 0.2) is 0 Å². The molecule has 1 aromatic carbocycles. The first-order chi connectivity index (χ1) is 7.33. The molecule has 1 heterocycles. The largest absolute Gasteiger partial charge is 0.339 e. The van der Waals surface area contributed by atoms with Gasteiger partial charge in [0.1, 0.15) is 0 Å². The first-order valence-corrected chi connectivity index (χ1v) is 5.18. The Kier molecular flexibility index (Phi) is 2.87. The normalized spacial score (nSPS) is 15.4. The second-order valence-electron chi connectivity index (χ2n) is 3.69. The number of nitrogens with two attached hydrogens (primary N) is 1. The minimum absolute atomic E-state index is 0.0704. The van der Waals surface area contributed by atoms with Crippen LogP contribution in [0, 0.1) is 0 Å². The molecule has 15 heavy (non-hydrogen) atoms. The number of amides is 1. The van der Waals surface area contributed by atoms with Crippen molar-refractivity contribution in [3.05, 3.63) is 29.8 Å². The molecule has 0 spiro atoms. The second kappa shape index (κ2) is 4.31. The first-order valence-electron chi connectivity index (χ1n) is 5.18. The number of hydrazine groups is 1. The Morgan fingerprint density at radius 1 is 1.27 bits per heavy atom. The number of nitrogens with one attached hydrogen (secondary N) is 1. The molecule has 4 nitrogen and oxygen atoms in total. The fourth-order valence-electron chi connectivity index (χ4n) is 1.89. The third-order valence-corrected chi connectivity index (χ3v) is 2.71. The van der Waals surface area contributed by atoms with Gasteiger partial charge in [0.25, 0.3) is 5.91 Å². The van der Waals surface area contributed by atoms with Crippen molar-refractivity contribution in [1.29, 1.82) is 0 Å². The summed E-state index contributed by atoms with van der Waals surface area (Å²) in [6.45, 7) is 1.72. The average Bonchev–Trinajstić information content (AvgIpc) is 2.81. The Balaban J connectivity index is 2.24. The number of carbonyl (C=O) groups is 1. The van der Waals surface area contributed by atoms with E-state index in [-0.39, 0.29) is 5.91 Å². The zero-order valence-electron chi connectivity index (χ0n) is 8.57. The van der Waals surface area contributed by atoms with Crippen LogP contribution in [-0.2, 0) is 0 Å². The number of nitrogen functional groups attached to an aromatic ring is 1. The Labute approximate surface area is 89.0 Å². The summed E-state index contributed by atoms with van der Waals surface area (Å²) in [6.07, 6.45) is 2.20. The lowest BCUT2D eigenvalue weighted by Gasteiger charge is -2.17. The molecule has 0 aliphatic carbocycles. The van der Waals surface area contributed by atoms with Gasteiger partial charge in [-0.05, 0) is 25.0 Å². The third kappa shape index (κ3) is 1.94. The van der Waals surface area contributed by atoms with Crippen LogP contribution in [0.5, 0.6) is 0 Å². The summed E-state index contributed by atoms with van der Waals surface area (Å²) < 4.78 is 0. The lowest BCUT2D eigenvalue weighted by atomic mass is 10.1. The van der Waals surface area contributed by atoms with Gasteiger partial charge in [0.05, 0.1) is 11.3 Å². The molecule has 0 bridgehead atoms. The molecule has 0 aromatic heterocycles. The maximum absolute atomic E-state index is 12.1. The van der Waals surface area contributed by atoms with Crippen LogP contribution in [0.2, 0.25) is 0 Å².